The van der Waals surface area contributed by atoms with Crippen molar-refractivity contribution < 1.29 is 14.1 Å². The van der Waals surface area contributed by atoms with Crippen LogP contribution in [0.25, 0.3) is 0 Å². The lowest BCUT2D eigenvalue weighted by atomic mass is 9.94. The Kier molecular flexibility index (Phi) is 6.14. The Bertz CT molecular complexity index is 674. The third-order valence-electron chi connectivity index (χ3n) is 4.38. The number of carbonyl (C=O) groups excluding carboxylic acids is 1. The fourth-order valence-corrected chi connectivity index (χ4v) is 3.10. The Hall–Kier alpha value is -2.25. The molecule has 0 unspecified atom stereocenters. The summed E-state index contributed by atoms with van der Waals surface area (Å²) >= 11 is 0. The van der Waals surface area contributed by atoms with Crippen LogP contribution in [0.5, 0.6) is 0 Å². The minimum Gasteiger partial charge on any atom is -0.383 e. The number of nitrogens with zero attached hydrogens (tertiary/aromatic N) is 3. The van der Waals surface area contributed by atoms with Crippen LogP contribution in [0, 0.1) is 0 Å². The van der Waals surface area contributed by atoms with Crippen molar-refractivity contribution in [1.29, 1.82) is 0 Å². The molecule has 0 spiro atoms. The highest BCUT2D eigenvalue weighted by atomic mass is 16.5. The van der Waals surface area contributed by atoms with Crippen LogP contribution in [0.3, 0.4) is 0 Å². The first-order valence-electron chi connectivity index (χ1n) is 8.62. The Morgan fingerprint density at radius 1 is 1.48 bits per heavy atom. The summed E-state index contributed by atoms with van der Waals surface area (Å²) in [6, 6.07) is 7.74. The van der Waals surface area contributed by atoms with Crippen LogP contribution in [-0.2, 0) is 11.3 Å². The predicted molar refractivity (Wildman–Crippen MR) is 92.2 cm³/mol. The largest absolute Gasteiger partial charge is 0.383 e. The molecule has 2 aromatic heterocycles. The quantitative estimate of drug-likeness (QED) is 0.772. The van der Waals surface area contributed by atoms with E-state index in [1.165, 1.54) is 0 Å². The van der Waals surface area contributed by atoms with E-state index in [1.807, 2.05) is 24.4 Å². The van der Waals surface area contributed by atoms with Crippen LogP contribution in [0.15, 0.2) is 35.0 Å². The van der Waals surface area contributed by atoms with Crippen molar-refractivity contribution in [1.82, 2.24) is 20.4 Å². The molecule has 1 aliphatic rings. The van der Waals surface area contributed by atoms with Gasteiger partial charge in [-0.15, -0.1) is 0 Å². The zero-order valence-corrected chi connectivity index (χ0v) is 14.5. The number of methoxy groups -OCH3 is 1. The molecule has 0 bridgehead atoms. The van der Waals surface area contributed by atoms with Crippen molar-refractivity contribution >= 4 is 5.91 Å². The van der Waals surface area contributed by atoms with Crippen molar-refractivity contribution in [3.63, 3.8) is 0 Å². The zero-order valence-electron chi connectivity index (χ0n) is 14.5. The smallest absolute Gasteiger partial charge is 0.289 e. The number of likely N-dealkylation sites (tertiary alicyclic amines) is 1. The van der Waals surface area contributed by atoms with Gasteiger partial charge in [-0.2, -0.15) is 0 Å². The van der Waals surface area contributed by atoms with Crippen molar-refractivity contribution in [3.05, 3.63) is 47.6 Å². The van der Waals surface area contributed by atoms with E-state index in [9.17, 15) is 4.79 Å². The number of pyridine rings is 1. The highest BCUT2D eigenvalue weighted by Crippen LogP contribution is 2.27. The molecule has 1 atom stereocenters. The summed E-state index contributed by atoms with van der Waals surface area (Å²) in [7, 11) is 1.60. The molecular formula is C18H24N4O3. The van der Waals surface area contributed by atoms with Crippen LogP contribution >= 0.6 is 0 Å². The second kappa shape index (κ2) is 8.73. The Morgan fingerprint density at radius 2 is 2.40 bits per heavy atom. The van der Waals surface area contributed by atoms with Gasteiger partial charge in [-0.05, 0) is 31.5 Å². The number of rotatable bonds is 7. The average molecular weight is 344 g/mol. The molecule has 134 valence electrons. The summed E-state index contributed by atoms with van der Waals surface area (Å²) < 4.78 is 10.1. The number of hydrogen-bond donors (Lipinski definition) is 1. The predicted octanol–water partition coefficient (Wildman–Crippen LogP) is 1.83. The molecule has 1 aliphatic heterocycles. The molecule has 0 saturated carbocycles. The van der Waals surface area contributed by atoms with Gasteiger partial charge in [0.15, 0.2) is 0 Å². The van der Waals surface area contributed by atoms with E-state index in [2.05, 4.69) is 20.4 Å². The van der Waals surface area contributed by atoms with E-state index in [1.54, 1.807) is 13.2 Å². The van der Waals surface area contributed by atoms with Gasteiger partial charge >= 0.3 is 0 Å². The number of ether oxygens (including phenoxy) is 1. The lowest BCUT2D eigenvalue weighted by Gasteiger charge is -2.31. The Morgan fingerprint density at radius 3 is 3.20 bits per heavy atom. The summed E-state index contributed by atoms with van der Waals surface area (Å²) in [6.07, 6.45) is 3.97. The summed E-state index contributed by atoms with van der Waals surface area (Å²) in [5.41, 5.74) is 1.92. The molecule has 7 heteroatoms. The Balaban J connectivity index is 1.57. The fraction of sp³-hybridized carbons (Fsp3) is 0.500. The Labute approximate surface area is 147 Å². The molecule has 2 aromatic rings. The topological polar surface area (TPSA) is 80.5 Å². The highest BCUT2D eigenvalue weighted by Gasteiger charge is 2.25. The van der Waals surface area contributed by atoms with Gasteiger partial charge in [0.2, 0.25) is 5.76 Å². The minimum atomic E-state index is -0.253. The zero-order chi connectivity index (χ0) is 17.5. The lowest BCUT2D eigenvalue weighted by molar-refractivity contribution is 0.0900. The number of aromatic nitrogens is 2. The van der Waals surface area contributed by atoms with Gasteiger partial charge in [0.05, 0.1) is 18.0 Å². The van der Waals surface area contributed by atoms with Crippen molar-refractivity contribution in [2.45, 2.75) is 25.3 Å². The molecule has 3 rings (SSSR count). The maximum Gasteiger partial charge on any atom is 0.289 e. The molecule has 1 N–H and O–H groups in total. The third kappa shape index (κ3) is 4.87. The van der Waals surface area contributed by atoms with Crippen LogP contribution < -0.4 is 5.32 Å². The van der Waals surface area contributed by atoms with Crippen LogP contribution in [-0.4, -0.2) is 54.3 Å². The molecule has 25 heavy (non-hydrogen) atoms. The first-order chi connectivity index (χ1) is 12.3. The molecule has 7 nitrogen and oxygen atoms in total. The van der Waals surface area contributed by atoms with E-state index < -0.39 is 0 Å². The van der Waals surface area contributed by atoms with E-state index in [4.69, 9.17) is 9.26 Å². The first-order valence-corrected chi connectivity index (χ1v) is 8.62. The molecular weight excluding hydrogens is 320 g/mol. The second-order valence-corrected chi connectivity index (χ2v) is 6.26. The monoisotopic (exact) mass is 344 g/mol. The molecule has 0 radical (unpaired) electrons. The number of nitrogens with one attached hydrogen (secondary N) is 1. The van der Waals surface area contributed by atoms with Gasteiger partial charge < -0.3 is 14.6 Å². The van der Waals surface area contributed by atoms with Crippen molar-refractivity contribution in [3.8, 4) is 0 Å². The normalized spacial score (nSPS) is 18.2. The van der Waals surface area contributed by atoms with E-state index in [-0.39, 0.29) is 17.6 Å². The molecule has 0 aromatic carbocycles. The molecule has 0 aliphatic carbocycles. The average Bonchev–Trinajstić information content (AvgIpc) is 3.13. The number of piperidine rings is 1. The van der Waals surface area contributed by atoms with Crippen LogP contribution in [0.4, 0.5) is 0 Å². The van der Waals surface area contributed by atoms with E-state index in [0.29, 0.717) is 13.2 Å². The maximum absolute atomic E-state index is 12.0. The van der Waals surface area contributed by atoms with Crippen molar-refractivity contribution in [2.75, 3.05) is 33.4 Å². The molecule has 1 fully saturated rings. The molecule has 1 amide bonds. The van der Waals surface area contributed by atoms with Gasteiger partial charge in [-0.1, -0.05) is 11.2 Å². The first kappa shape index (κ1) is 17.6. The van der Waals surface area contributed by atoms with Gasteiger partial charge in [0, 0.05) is 44.9 Å². The van der Waals surface area contributed by atoms with Gasteiger partial charge in [-0.3, -0.25) is 14.7 Å². The summed E-state index contributed by atoms with van der Waals surface area (Å²) in [4.78, 5) is 18.8. The SMILES string of the molecule is COCCNC(=O)c1cc([C@@H]2CCCN(Cc3ccccn3)C2)no1. The number of hydrogen-bond acceptors (Lipinski definition) is 6. The van der Waals surface area contributed by atoms with Crippen molar-refractivity contribution in [2.24, 2.45) is 0 Å². The second-order valence-electron chi connectivity index (χ2n) is 6.26. The molecule has 3 heterocycles. The number of amides is 1. The lowest BCUT2D eigenvalue weighted by Crippen LogP contribution is -2.34. The standard InChI is InChI=1S/C18H24N4O3/c1-24-10-8-20-18(23)17-11-16(21-25-17)14-5-4-9-22(12-14)13-15-6-2-3-7-19-15/h2-3,6-7,11,14H,4-5,8-10,12-13H2,1H3,(H,20,23)/t14-/m1/s1. The summed E-state index contributed by atoms with van der Waals surface area (Å²) in [5, 5.41) is 6.86. The number of carbonyl (C=O) groups is 1. The maximum atomic E-state index is 12.0. The van der Waals surface area contributed by atoms with Gasteiger partial charge in [-0.25, -0.2) is 0 Å². The minimum absolute atomic E-state index is 0.253. The summed E-state index contributed by atoms with van der Waals surface area (Å²) in [5.74, 6) is 0.284. The molecule has 1 saturated heterocycles. The highest BCUT2D eigenvalue weighted by molar-refractivity contribution is 5.91. The van der Waals surface area contributed by atoms with E-state index in [0.717, 1.165) is 43.9 Å². The fourth-order valence-electron chi connectivity index (χ4n) is 3.10. The van der Waals surface area contributed by atoms with E-state index >= 15 is 0 Å². The summed E-state index contributed by atoms with van der Waals surface area (Å²) in [6.45, 7) is 3.70. The van der Waals surface area contributed by atoms with Crippen LogP contribution in [0.1, 0.15) is 40.7 Å². The third-order valence-corrected chi connectivity index (χ3v) is 4.38. The van der Waals surface area contributed by atoms with Gasteiger partial charge in [0.1, 0.15) is 0 Å². The van der Waals surface area contributed by atoms with Crippen LogP contribution in [0.2, 0.25) is 0 Å². The van der Waals surface area contributed by atoms with Gasteiger partial charge in [0.25, 0.3) is 5.91 Å².